The molecule has 0 unspecified atom stereocenters. The second kappa shape index (κ2) is 9.25. The standard InChI is InChI=1S/C21H19FN2O6/c22-17-7-6-16(24(28)29)11-18(17)23-20(26)12-30-21(27)9-8-19(25)15-5-4-13-2-1-3-14(13)10-15/h4-7,10-11H,1-3,8-9,12H2,(H,23,26). The molecule has 0 aliphatic heterocycles. The maximum absolute atomic E-state index is 13.7. The van der Waals surface area contributed by atoms with Crippen LogP contribution in [0.4, 0.5) is 15.8 Å². The molecule has 8 nitrogen and oxygen atoms in total. The minimum atomic E-state index is -0.861. The molecule has 0 aromatic heterocycles. The van der Waals surface area contributed by atoms with Crippen molar-refractivity contribution in [2.75, 3.05) is 11.9 Å². The van der Waals surface area contributed by atoms with E-state index >= 15 is 0 Å². The van der Waals surface area contributed by atoms with E-state index in [9.17, 15) is 28.9 Å². The number of carbonyl (C=O) groups is 3. The van der Waals surface area contributed by atoms with Gasteiger partial charge in [-0.15, -0.1) is 0 Å². The largest absolute Gasteiger partial charge is 0.456 e. The topological polar surface area (TPSA) is 116 Å². The molecule has 2 aromatic carbocycles. The number of nitrogens with one attached hydrogen (secondary N) is 1. The highest BCUT2D eigenvalue weighted by molar-refractivity contribution is 5.98. The normalized spacial score (nSPS) is 12.2. The van der Waals surface area contributed by atoms with Crippen molar-refractivity contribution >= 4 is 29.0 Å². The van der Waals surface area contributed by atoms with Gasteiger partial charge < -0.3 is 10.1 Å². The zero-order valence-corrected chi connectivity index (χ0v) is 16.0. The van der Waals surface area contributed by atoms with E-state index in [0.717, 1.165) is 43.0 Å². The van der Waals surface area contributed by atoms with E-state index in [1.165, 1.54) is 5.56 Å². The van der Waals surface area contributed by atoms with Crippen LogP contribution in [0.2, 0.25) is 0 Å². The number of nitro benzene ring substituents is 1. The SMILES string of the molecule is O=C(COC(=O)CCC(=O)c1ccc2c(c1)CCC2)Nc1cc([N+](=O)[O-])ccc1F. The Kier molecular flexibility index (Phi) is 6.51. The molecular formula is C21H19FN2O6. The van der Waals surface area contributed by atoms with E-state index in [1.54, 1.807) is 6.07 Å². The van der Waals surface area contributed by atoms with Gasteiger partial charge in [-0.3, -0.25) is 24.5 Å². The van der Waals surface area contributed by atoms with Crippen LogP contribution >= 0.6 is 0 Å². The van der Waals surface area contributed by atoms with Crippen LogP contribution < -0.4 is 5.32 Å². The average Bonchev–Trinajstić information content (AvgIpc) is 3.19. The number of ketones is 1. The summed E-state index contributed by atoms with van der Waals surface area (Å²) in [5.41, 5.74) is 2.17. The van der Waals surface area contributed by atoms with Gasteiger partial charge in [0.15, 0.2) is 12.4 Å². The number of rotatable bonds is 8. The predicted molar refractivity (Wildman–Crippen MR) is 105 cm³/mol. The Balaban J connectivity index is 1.45. The van der Waals surface area contributed by atoms with E-state index in [2.05, 4.69) is 5.32 Å². The number of halogens is 1. The van der Waals surface area contributed by atoms with Crippen molar-refractivity contribution in [3.63, 3.8) is 0 Å². The highest BCUT2D eigenvalue weighted by Crippen LogP contribution is 2.24. The molecule has 1 amide bonds. The Bertz CT molecular complexity index is 1020. The van der Waals surface area contributed by atoms with Crippen LogP contribution in [0, 0.1) is 15.9 Å². The van der Waals surface area contributed by atoms with Gasteiger partial charge in [-0.1, -0.05) is 12.1 Å². The van der Waals surface area contributed by atoms with Gasteiger partial charge in [0.2, 0.25) is 0 Å². The molecule has 0 bridgehead atoms. The lowest BCUT2D eigenvalue weighted by Crippen LogP contribution is -2.21. The number of amides is 1. The van der Waals surface area contributed by atoms with Gasteiger partial charge >= 0.3 is 5.97 Å². The van der Waals surface area contributed by atoms with Gasteiger partial charge in [0.25, 0.3) is 11.6 Å². The number of esters is 1. The number of nitro groups is 1. The first-order valence-corrected chi connectivity index (χ1v) is 9.38. The molecule has 1 aliphatic carbocycles. The summed E-state index contributed by atoms with van der Waals surface area (Å²) in [4.78, 5) is 45.9. The van der Waals surface area contributed by atoms with Gasteiger partial charge in [-0.05, 0) is 42.5 Å². The number of nitrogens with zero attached hydrogens (tertiary/aromatic N) is 1. The fourth-order valence-corrected chi connectivity index (χ4v) is 3.23. The minimum absolute atomic E-state index is 0.0568. The molecule has 30 heavy (non-hydrogen) atoms. The van der Waals surface area contributed by atoms with Crippen molar-refractivity contribution in [3.8, 4) is 0 Å². The Morgan fingerprint density at radius 1 is 1.07 bits per heavy atom. The number of hydrogen-bond donors (Lipinski definition) is 1. The number of hydrogen-bond acceptors (Lipinski definition) is 6. The monoisotopic (exact) mass is 414 g/mol. The number of anilines is 1. The zero-order chi connectivity index (χ0) is 21.7. The highest BCUT2D eigenvalue weighted by atomic mass is 19.1. The summed E-state index contributed by atoms with van der Waals surface area (Å²) < 4.78 is 18.5. The molecule has 156 valence electrons. The minimum Gasteiger partial charge on any atom is -0.456 e. The Morgan fingerprint density at radius 2 is 1.83 bits per heavy atom. The Hall–Kier alpha value is -3.62. The fraction of sp³-hybridized carbons (Fsp3) is 0.286. The fourth-order valence-electron chi connectivity index (χ4n) is 3.23. The highest BCUT2D eigenvalue weighted by Gasteiger charge is 2.17. The molecule has 0 saturated heterocycles. The molecular weight excluding hydrogens is 395 g/mol. The van der Waals surface area contributed by atoms with Gasteiger partial charge in [-0.2, -0.15) is 0 Å². The molecule has 0 atom stereocenters. The van der Waals surface area contributed by atoms with E-state index in [-0.39, 0.29) is 18.6 Å². The second-order valence-corrected chi connectivity index (χ2v) is 6.89. The number of benzene rings is 2. The van der Waals surface area contributed by atoms with Gasteiger partial charge in [0.1, 0.15) is 5.82 Å². The van der Waals surface area contributed by atoms with Gasteiger partial charge in [0, 0.05) is 24.1 Å². The number of Topliss-reactive ketones (excluding diaryl/α,β-unsaturated/α-hetero) is 1. The predicted octanol–water partition coefficient (Wildman–Crippen LogP) is 3.37. The molecule has 0 spiro atoms. The summed E-state index contributed by atoms with van der Waals surface area (Å²) in [6, 6.07) is 8.22. The van der Waals surface area contributed by atoms with Crippen LogP contribution in [-0.2, 0) is 27.2 Å². The first-order valence-electron chi connectivity index (χ1n) is 9.38. The first-order chi connectivity index (χ1) is 14.3. The molecule has 1 N–H and O–H groups in total. The maximum atomic E-state index is 13.7. The Morgan fingerprint density at radius 3 is 2.60 bits per heavy atom. The summed E-state index contributed by atoms with van der Waals surface area (Å²) in [7, 11) is 0. The van der Waals surface area contributed by atoms with Crippen LogP contribution in [0.25, 0.3) is 0 Å². The van der Waals surface area contributed by atoms with Crippen molar-refractivity contribution in [1.82, 2.24) is 0 Å². The van der Waals surface area contributed by atoms with E-state index in [4.69, 9.17) is 4.74 Å². The summed E-state index contributed by atoms with van der Waals surface area (Å²) in [6.45, 7) is -0.700. The number of carbonyl (C=O) groups excluding carboxylic acids is 3. The van der Waals surface area contributed by atoms with Crippen molar-refractivity contribution < 1.29 is 28.4 Å². The van der Waals surface area contributed by atoms with Gasteiger partial charge in [0.05, 0.1) is 17.0 Å². The Labute approximate surface area is 171 Å². The summed E-state index contributed by atoms with van der Waals surface area (Å²) in [6.07, 6.45) is 2.77. The van der Waals surface area contributed by atoms with Crippen molar-refractivity contribution in [2.24, 2.45) is 0 Å². The maximum Gasteiger partial charge on any atom is 0.306 e. The summed E-state index contributed by atoms with van der Waals surface area (Å²) in [5, 5.41) is 12.8. The molecule has 0 heterocycles. The first kappa shape index (κ1) is 21.1. The van der Waals surface area contributed by atoms with E-state index < -0.39 is 40.6 Å². The van der Waals surface area contributed by atoms with Crippen molar-refractivity contribution in [2.45, 2.75) is 32.1 Å². The molecule has 3 rings (SSSR count). The van der Waals surface area contributed by atoms with Gasteiger partial charge in [-0.25, -0.2) is 4.39 Å². The lowest BCUT2D eigenvalue weighted by atomic mass is 10.0. The third-order valence-corrected chi connectivity index (χ3v) is 4.78. The van der Waals surface area contributed by atoms with Crippen LogP contribution in [0.1, 0.15) is 40.7 Å². The molecule has 0 saturated carbocycles. The van der Waals surface area contributed by atoms with E-state index in [0.29, 0.717) is 5.56 Å². The molecule has 9 heteroatoms. The smallest absolute Gasteiger partial charge is 0.306 e. The lowest BCUT2D eigenvalue weighted by Gasteiger charge is -2.08. The van der Waals surface area contributed by atoms with Crippen LogP contribution in [0.5, 0.6) is 0 Å². The number of aryl methyl sites for hydroxylation is 2. The second-order valence-electron chi connectivity index (χ2n) is 6.89. The average molecular weight is 414 g/mol. The van der Waals surface area contributed by atoms with Crippen LogP contribution in [0.15, 0.2) is 36.4 Å². The summed E-state index contributed by atoms with van der Waals surface area (Å²) in [5.74, 6) is -2.66. The van der Waals surface area contributed by atoms with Crippen LogP contribution in [-0.4, -0.2) is 29.2 Å². The third kappa shape index (κ3) is 5.25. The number of ether oxygens (including phenoxy) is 1. The quantitative estimate of drug-likeness (QED) is 0.306. The molecule has 2 aromatic rings. The number of fused-ring (bicyclic) bond motifs is 1. The zero-order valence-electron chi connectivity index (χ0n) is 16.0. The molecule has 1 aliphatic rings. The lowest BCUT2D eigenvalue weighted by molar-refractivity contribution is -0.384. The van der Waals surface area contributed by atoms with Crippen LogP contribution in [0.3, 0.4) is 0 Å². The molecule has 0 radical (unpaired) electrons. The third-order valence-electron chi connectivity index (χ3n) is 4.78. The van der Waals surface area contributed by atoms with E-state index in [1.807, 2.05) is 12.1 Å². The number of non-ortho nitro benzene ring substituents is 1. The van der Waals surface area contributed by atoms with Crippen molar-refractivity contribution in [1.29, 1.82) is 0 Å². The molecule has 0 fully saturated rings. The summed E-state index contributed by atoms with van der Waals surface area (Å²) >= 11 is 0. The van der Waals surface area contributed by atoms with Crippen molar-refractivity contribution in [3.05, 3.63) is 69.0 Å².